The number of hydrogen-bond acceptors (Lipinski definition) is 12. The van der Waals surface area contributed by atoms with Crippen molar-refractivity contribution in [3.05, 3.63) is 21.5 Å². The van der Waals surface area contributed by atoms with Crippen LogP contribution < -0.4 is 11.1 Å². The van der Waals surface area contributed by atoms with Crippen LogP contribution in [0.25, 0.3) is 0 Å². The highest BCUT2D eigenvalue weighted by Crippen LogP contribution is 2.40. The van der Waals surface area contributed by atoms with Crippen LogP contribution in [0.5, 0.6) is 0 Å². The molecular formula is C19H22ClN5O8S2. The fourth-order valence-electron chi connectivity index (χ4n) is 3.13. The molecule has 1 saturated heterocycles. The monoisotopic (exact) mass is 547 g/mol. The number of rotatable bonds is 8. The maximum atomic E-state index is 13.1. The number of thioether (sulfide) groups is 1. The van der Waals surface area contributed by atoms with E-state index in [1.54, 1.807) is 20.8 Å². The largest absolute Gasteiger partial charge is 0.498 e. The number of fused-ring (bicyclic) bond motifs is 1. The Hall–Kier alpha value is -3.04. The van der Waals surface area contributed by atoms with Crippen molar-refractivity contribution < 1.29 is 38.6 Å². The van der Waals surface area contributed by atoms with Crippen LogP contribution in [-0.2, 0) is 33.5 Å². The minimum atomic E-state index is -1.33. The van der Waals surface area contributed by atoms with Gasteiger partial charge in [-0.05, 0) is 20.8 Å². The smallest absolute Gasteiger partial charge is 0.356 e. The minimum absolute atomic E-state index is 0.0340. The van der Waals surface area contributed by atoms with Gasteiger partial charge in [-0.1, -0.05) is 28.1 Å². The first-order valence-electron chi connectivity index (χ1n) is 9.94. The molecule has 0 saturated carbocycles. The normalized spacial score (nSPS) is 20.1. The molecule has 2 amide bonds. The van der Waals surface area contributed by atoms with Crippen molar-refractivity contribution in [2.24, 2.45) is 5.16 Å². The van der Waals surface area contributed by atoms with Gasteiger partial charge < -0.3 is 30.5 Å². The summed E-state index contributed by atoms with van der Waals surface area (Å²) >= 11 is 8.23. The lowest BCUT2D eigenvalue weighted by Crippen LogP contribution is -2.71. The van der Waals surface area contributed by atoms with Crippen LogP contribution in [0.3, 0.4) is 0 Å². The van der Waals surface area contributed by atoms with Crippen molar-refractivity contribution in [3.8, 4) is 0 Å². The Labute approximate surface area is 212 Å². The average molecular weight is 548 g/mol. The van der Waals surface area contributed by atoms with Gasteiger partial charge in [-0.2, -0.15) is 0 Å². The Balaban J connectivity index is 1.79. The Morgan fingerprint density at radius 1 is 1.37 bits per heavy atom. The number of carbonyl (C=O) groups excluding carboxylic acids is 3. The molecule has 3 heterocycles. The number of anilines is 1. The Bertz CT molecular complexity index is 1130. The predicted molar refractivity (Wildman–Crippen MR) is 127 cm³/mol. The number of hydrogen-bond donors (Lipinski definition) is 3. The zero-order chi connectivity index (χ0) is 26.1. The fourth-order valence-corrected chi connectivity index (χ4v) is 5.37. The highest BCUT2D eigenvalue weighted by atomic mass is 35.5. The molecule has 1 aromatic rings. The van der Waals surface area contributed by atoms with Gasteiger partial charge in [0, 0.05) is 0 Å². The van der Waals surface area contributed by atoms with E-state index in [4.69, 9.17) is 31.6 Å². The summed E-state index contributed by atoms with van der Waals surface area (Å²) in [6, 6.07) is -1.06. The molecule has 13 nitrogen and oxygen atoms in total. The summed E-state index contributed by atoms with van der Waals surface area (Å²) in [5.74, 6) is -3.27. The number of carboxylic acid groups (broad SMARTS) is 1. The van der Waals surface area contributed by atoms with Crippen LogP contribution >= 0.6 is 34.7 Å². The number of ether oxygens (including phenoxy) is 2. The molecule has 0 bridgehead atoms. The number of nitrogens with one attached hydrogen (secondary N) is 1. The number of nitrogens with zero attached hydrogens (tertiary/aromatic N) is 3. The van der Waals surface area contributed by atoms with Crippen LogP contribution in [0.4, 0.5) is 5.13 Å². The van der Waals surface area contributed by atoms with E-state index in [1.807, 2.05) is 0 Å². The van der Waals surface area contributed by atoms with Gasteiger partial charge >= 0.3 is 11.9 Å². The number of oxime groups is 1. The number of esters is 1. The van der Waals surface area contributed by atoms with Gasteiger partial charge in [-0.3, -0.25) is 14.5 Å². The maximum Gasteiger partial charge on any atom is 0.356 e. The third-order valence-corrected chi connectivity index (χ3v) is 6.81. The third kappa shape index (κ3) is 5.79. The molecule has 0 aromatic carbocycles. The number of aromatic nitrogens is 1. The second-order valence-electron chi connectivity index (χ2n) is 8.12. The summed E-state index contributed by atoms with van der Waals surface area (Å²) in [5.41, 5.74) is 4.10. The number of halogens is 1. The van der Waals surface area contributed by atoms with Gasteiger partial charge in [-0.25, -0.2) is 14.6 Å². The molecular weight excluding hydrogens is 526 g/mol. The van der Waals surface area contributed by atoms with Crippen LogP contribution in [0.1, 0.15) is 26.5 Å². The first kappa shape index (κ1) is 26.6. The lowest BCUT2D eigenvalue weighted by Gasteiger charge is -2.48. The lowest BCUT2D eigenvalue weighted by atomic mass is 10.0. The second-order valence-corrected chi connectivity index (χ2v) is 10.9. The van der Waals surface area contributed by atoms with Gasteiger partial charge in [0.15, 0.2) is 16.5 Å². The van der Waals surface area contributed by atoms with Crippen molar-refractivity contribution in [3.63, 3.8) is 0 Å². The molecule has 1 aromatic heterocycles. The molecule has 35 heavy (non-hydrogen) atoms. The van der Waals surface area contributed by atoms with Crippen molar-refractivity contribution in [2.45, 2.75) is 37.8 Å². The number of nitrogens with two attached hydrogens (primary N) is 1. The zero-order valence-corrected chi connectivity index (χ0v) is 21.4. The summed E-state index contributed by atoms with van der Waals surface area (Å²) in [7, 11) is 1.31. The van der Waals surface area contributed by atoms with Crippen LogP contribution in [0.2, 0.25) is 4.34 Å². The lowest BCUT2D eigenvalue weighted by molar-refractivity contribution is -0.160. The quantitative estimate of drug-likeness (QED) is 0.181. The second kappa shape index (κ2) is 10.3. The zero-order valence-electron chi connectivity index (χ0n) is 19.0. The van der Waals surface area contributed by atoms with Crippen LogP contribution in [0.15, 0.2) is 16.6 Å². The Morgan fingerprint density at radius 3 is 2.60 bits per heavy atom. The molecule has 3 rings (SSSR count). The van der Waals surface area contributed by atoms with Gasteiger partial charge in [0.05, 0.1) is 12.9 Å². The first-order chi connectivity index (χ1) is 16.3. The number of amides is 2. The standard InChI is InChI=1S/C19H22ClN5O8S2/c1-19(2,3)33-8(26)5-32-24-10(9-13(20)35-18(21)23-9)14(27)22-11-15(28)25-12(17(29)30)7(31-4)6-34-16(11)25/h11,16H,5-6H2,1-4H3,(H2,21,23)(H,22,27)(H,29,30)/t11?,16-/m1/s1. The van der Waals surface area contributed by atoms with E-state index in [9.17, 15) is 24.3 Å². The summed E-state index contributed by atoms with van der Waals surface area (Å²) in [4.78, 5) is 59.4. The van der Waals surface area contributed by atoms with Crippen LogP contribution in [-0.4, -0.2) is 80.9 Å². The molecule has 1 unspecified atom stereocenters. The molecule has 0 spiro atoms. The average Bonchev–Trinajstić information content (AvgIpc) is 3.09. The molecule has 0 aliphatic carbocycles. The number of methoxy groups -OCH3 is 1. The number of thiazole rings is 1. The van der Waals surface area contributed by atoms with Gasteiger partial charge in [0.2, 0.25) is 6.61 Å². The van der Waals surface area contributed by atoms with Gasteiger partial charge in [0.1, 0.15) is 32.8 Å². The first-order valence-corrected chi connectivity index (χ1v) is 12.2. The van der Waals surface area contributed by atoms with E-state index in [0.29, 0.717) is 0 Å². The minimum Gasteiger partial charge on any atom is -0.498 e. The van der Waals surface area contributed by atoms with E-state index in [0.717, 1.165) is 16.2 Å². The molecule has 2 atom stereocenters. The SMILES string of the molecule is COC1=C(C(=O)O)N2C(=O)C(NC(=O)C(=NOCC(=O)OC(C)(C)C)c3nc(N)sc3Cl)[C@H]2SC1. The predicted octanol–water partition coefficient (Wildman–Crippen LogP) is 0.784. The Morgan fingerprint density at radius 2 is 2.06 bits per heavy atom. The van der Waals surface area contributed by atoms with E-state index in [2.05, 4.69) is 15.5 Å². The van der Waals surface area contributed by atoms with Gasteiger partial charge in [-0.15, -0.1) is 11.8 Å². The number of carboxylic acids is 1. The highest BCUT2D eigenvalue weighted by Gasteiger charge is 2.55. The van der Waals surface area contributed by atoms with Crippen molar-refractivity contribution >= 4 is 69.3 Å². The fraction of sp³-hybridized carbons (Fsp3) is 0.474. The van der Waals surface area contributed by atoms with Crippen LogP contribution in [0, 0.1) is 0 Å². The number of nitrogen functional groups attached to an aromatic ring is 1. The molecule has 190 valence electrons. The summed E-state index contributed by atoms with van der Waals surface area (Å²) in [6.07, 6.45) is 0. The number of aliphatic carboxylic acids is 1. The van der Waals surface area contributed by atoms with E-state index in [1.165, 1.54) is 18.9 Å². The van der Waals surface area contributed by atoms with E-state index >= 15 is 0 Å². The maximum absolute atomic E-state index is 13.1. The molecule has 0 radical (unpaired) electrons. The summed E-state index contributed by atoms with van der Waals surface area (Å²) in [6.45, 7) is 4.42. The van der Waals surface area contributed by atoms with Gasteiger partial charge in [0.25, 0.3) is 11.8 Å². The Kier molecular flexibility index (Phi) is 7.81. The third-order valence-electron chi connectivity index (χ3n) is 4.47. The highest BCUT2D eigenvalue weighted by molar-refractivity contribution is 8.00. The number of β-lactam (4-membered cyclic amide) rings is 1. The summed E-state index contributed by atoms with van der Waals surface area (Å²) in [5, 5.41) is 15.1. The van der Waals surface area contributed by atoms with Crippen molar-refractivity contribution in [1.29, 1.82) is 0 Å². The molecule has 2 aliphatic heterocycles. The van der Waals surface area contributed by atoms with Crippen molar-refractivity contribution in [2.75, 3.05) is 25.2 Å². The summed E-state index contributed by atoms with van der Waals surface area (Å²) < 4.78 is 10.2. The number of carbonyl (C=O) groups is 4. The topological polar surface area (TPSA) is 183 Å². The molecule has 16 heteroatoms. The van der Waals surface area contributed by atoms with E-state index in [-0.39, 0.29) is 32.4 Å². The van der Waals surface area contributed by atoms with E-state index < -0.39 is 53.1 Å². The molecule has 2 aliphatic rings. The van der Waals surface area contributed by atoms with Crippen molar-refractivity contribution in [1.82, 2.24) is 15.2 Å². The molecule has 1 fully saturated rings. The molecule has 4 N–H and O–H groups in total.